The van der Waals surface area contributed by atoms with Gasteiger partial charge in [0.05, 0.1) is 6.33 Å². The molecule has 6 nitrogen and oxygen atoms in total. The predicted octanol–water partition coefficient (Wildman–Crippen LogP) is 0.568. The van der Waals surface area contributed by atoms with E-state index in [0.29, 0.717) is 17.5 Å². The van der Waals surface area contributed by atoms with Crippen LogP contribution in [0, 0.1) is 17.8 Å². The van der Waals surface area contributed by atoms with Crippen LogP contribution in [0.2, 0.25) is 0 Å². The van der Waals surface area contributed by atoms with Crippen molar-refractivity contribution in [2.75, 3.05) is 0 Å². The number of carbonyl (C=O) groups excluding carboxylic acids is 1. The Hall–Kier alpha value is -1.85. The number of hydrogen-bond donors (Lipinski definition) is 3. The number of carbonyl (C=O) groups is 2. The van der Waals surface area contributed by atoms with Gasteiger partial charge >= 0.3 is 5.97 Å². The zero-order valence-corrected chi connectivity index (χ0v) is 10.5. The monoisotopic (exact) mass is 263 g/mol. The number of rotatable bonds is 5. The van der Waals surface area contributed by atoms with Gasteiger partial charge in [-0.2, -0.15) is 0 Å². The van der Waals surface area contributed by atoms with E-state index in [4.69, 9.17) is 0 Å². The van der Waals surface area contributed by atoms with Crippen LogP contribution in [0.15, 0.2) is 12.5 Å². The molecule has 0 spiro atoms. The number of aromatic nitrogens is 2. The highest BCUT2D eigenvalue weighted by molar-refractivity contribution is 5.87. The van der Waals surface area contributed by atoms with Crippen molar-refractivity contribution in [3.8, 4) is 0 Å². The molecule has 2 fully saturated rings. The second kappa shape index (κ2) is 4.68. The second-order valence-corrected chi connectivity index (χ2v) is 5.46. The Morgan fingerprint density at radius 3 is 2.79 bits per heavy atom. The first-order valence-corrected chi connectivity index (χ1v) is 6.67. The predicted molar refractivity (Wildman–Crippen MR) is 66.2 cm³/mol. The lowest BCUT2D eigenvalue weighted by Crippen LogP contribution is -2.43. The molecule has 0 radical (unpaired) electrons. The SMILES string of the molecule is O=C(O)C(Cc1cnc[nH]1)NC(=O)C1C2CCCC21. The zero-order chi connectivity index (χ0) is 13.4. The summed E-state index contributed by atoms with van der Waals surface area (Å²) in [5.74, 6) is -0.0454. The molecule has 1 aromatic rings. The molecule has 0 bridgehead atoms. The fourth-order valence-corrected chi connectivity index (χ4v) is 3.29. The molecule has 2 aliphatic carbocycles. The highest BCUT2D eigenvalue weighted by Gasteiger charge is 2.56. The first-order valence-electron chi connectivity index (χ1n) is 6.67. The molecule has 1 heterocycles. The molecule has 3 N–H and O–H groups in total. The summed E-state index contributed by atoms with van der Waals surface area (Å²) in [6.45, 7) is 0. The molecule has 2 aliphatic rings. The van der Waals surface area contributed by atoms with Crippen LogP contribution in [0.1, 0.15) is 25.0 Å². The minimum atomic E-state index is -1.01. The van der Waals surface area contributed by atoms with Gasteiger partial charge in [-0.25, -0.2) is 9.78 Å². The Morgan fingerprint density at radius 1 is 1.47 bits per heavy atom. The van der Waals surface area contributed by atoms with E-state index in [1.165, 1.54) is 12.7 Å². The van der Waals surface area contributed by atoms with Crippen molar-refractivity contribution in [2.24, 2.45) is 17.8 Å². The maximum absolute atomic E-state index is 12.1. The van der Waals surface area contributed by atoms with Gasteiger partial charge in [0.25, 0.3) is 0 Å². The van der Waals surface area contributed by atoms with Crippen molar-refractivity contribution in [2.45, 2.75) is 31.7 Å². The number of nitrogens with zero attached hydrogens (tertiary/aromatic N) is 1. The Labute approximate surface area is 110 Å². The number of fused-ring (bicyclic) bond motifs is 1. The van der Waals surface area contributed by atoms with E-state index >= 15 is 0 Å². The van der Waals surface area contributed by atoms with Gasteiger partial charge in [0, 0.05) is 24.2 Å². The number of aliphatic carboxylic acids is 1. The van der Waals surface area contributed by atoms with Crippen molar-refractivity contribution in [3.05, 3.63) is 18.2 Å². The Bertz CT molecular complexity index is 475. The molecule has 19 heavy (non-hydrogen) atoms. The third-order valence-electron chi connectivity index (χ3n) is 4.30. The first kappa shape index (κ1) is 12.2. The summed E-state index contributed by atoms with van der Waals surface area (Å²) in [6.07, 6.45) is 6.75. The molecule has 1 amide bonds. The van der Waals surface area contributed by atoms with Gasteiger partial charge < -0.3 is 15.4 Å². The van der Waals surface area contributed by atoms with Crippen LogP contribution in [0.4, 0.5) is 0 Å². The summed E-state index contributed by atoms with van der Waals surface area (Å²) in [6, 6.07) is -0.880. The largest absolute Gasteiger partial charge is 0.480 e. The number of aromatic amines is 1. The van der Waals surface area contributed by atoms with Gasteiger partial charge in [0.15, 0.2) is 0 Å². The summed E-state index contributed by atoms with van der Waals surface area (Å²) in [5, 5.41) is 11.8. The van der Waals surface area contributed by atoms with E-state index in [1.54, 1.807) is 6.20 Å². The first-order chi connectivity index (χ1) is 9.16. The quantitative estimate of drug-likeness (QED) is 0.723. The number of carboxylic acids is 1. The summed E-state index contributed by atoms with van der Waals surface area (Å²) in [5.41, 5.74) is 0.712. The summed E-state index contributed by atoms with van der Waals surface area (Å²) < 4.78 is 0. The Balaban J connectivity index is 1.59. The topological polar surface area (TPSA) is 95.1 Å². The molecular weight excluding hydrogens is 246 g/mol. The molecule has 3 rings (SSSR count). The number of imidazole rings is 1. The number of hydrogen-bond acceptors (Lipinski definition) is 3. The number of carboxylic acid groups (broad SMARTS) is 1. The van der Waals surface area contributed by atoms with Gasteiger partial charge in [-0.1, -0.05) is 6.42 Å². The average Bonchev–Trinajstić information content (AvgIpc) is 2.79. The molecule has 3 unspecified atom stereocenters. The van der Waals surface area contributed by atoms with Crippen LogP contribution in [-0.2, 0) is 16.0 Å². The van der Waals surface area contributed by atoms with Crippen molar-refractivity contribution in [3.63, 3.8) is 0 Å². The molecule has 0 aliphatic heterocycles. The number of H-pyrrole nitrogens is 1. The lowest BCUT2D eigenvalue weighted by molar-refractivity contribution is -0.142. The lowest BCUT2D eigenvalue weighted by atomic mass is 10.1. The Morgan fingerprint density at radius 2 is 2.21 bits per heavy atom. The minimum Gasteiger partial charge on any atom is -0.480 e. The van der Waals surface area contributed by atoms with Gasteiger partial charge in [0.1, 0.15) is 6.04 Å². The van der Waals surface area contributed by atoms with Crippen LogP contribution in [0.5, 0.6) is 0 Å². The van der Waals surface area contributed by atoms with E-state index in [2.05, 4.69) is 15.3 Å². The Kier molecular flexibility index (Phi) is 3.00. The van der Waals surface area contributed by atoms with Crippen LogP contribution in [-0.4, -0.2) is 33.0 Å². The molecule has 6 heteroatoms. The van der Waals surface area contributed by atoms with Gasteiger partial charge in [-0.05, 0) is 24.7 Å². The molecule has 2 saturated carbocycles. The van der Waals surface area contributed by atoms with E-state index in [9.17, 15) is 14.7 Å². The van der Waals surface area contributed by atoms with E-state index < -0.39 is 12.0 Å². The van der Waals surface area contributed by atoms with Crippen molar-refractivity contribution in [1.29, 1.82) is 0 Å². The second-order valence-electron chi connectivity index (χ2n) is 5.46. The normalized spacial score (nSPS) is 29.6. The standard InChI is InChI=1S/C13H17N3O3/c17-12(11-8-2-1-3-9(8)11)16-10(13(18)19)4-7-5-14-6-15-7/h5-6,8-11H,1-4H2,(H,14,15)(H,16,17)(H,18,19). The van der Waals surface area contributed by atoms with E-state index in [0.717, 1.165) is 12.8 Å². The third-order valence-corrected chi connectivity index (χ3v) is 4.30. The maximum Gasteiger partial charge on any atom is 0.326 e. The smallest absolute Gasteiger partial charge is 0.326 e. The summed E-state index contributed by atoms with van der Waals surface area (Å²) in [7, 11) is 0. The van der Waals surface area contributed by atoms with Crippen LogP contribution >= 0.6 is 0 Å². The fraction of sp³-hybridized carbons (Fsp3) is 0.615. The van der Waals surface area contributed by atoms with Gasteiger partial charge in [0.2, 0.25) is 5.91 Å². The molecular formula is C13H17N3O3. The molecule has 0 aromatic carbocycles. The highest BCUT2D eigenvalue weighted by Crippen LogP contribution is 2.57. The van der Waals surface area contributed by atoms with Gasteiger partial charge in [-0.3, -0.25) is 4.79 Å². The molecule has 3 atom stereocenters. The van der Waals surface area contributed by atoms with Crippen LogP contribution in [0.3, 0.4) is 0 Å². The lowest BCUT2D eigenvalue weighted by Gasteiger charge is -2.14. The van der Waals surface area contributed by atoms with Crippen LogP contribution in [0.25, 0.3) is 0 Å². The molecule has 1 aromatic heterocycles. The summed E-state index contributed by atoms with van der Waals surface area (Å²) >= 11 is 0. The molecule has 0 saturated heterocycles. The fourth-order valence-electron chi connectivity index (χ4n) is 3.29. The third kappa shape index (κ3) is 2.34. The van der Waals surface area contributed by atoms with E-state index in [-0.39, 0.29) is 18.2 Å². The van der Waals surface area contributed by atoms with E-state index in [1.807, 2.05) is 0 Å². The van der Waals surface area contributed by atoms with Crippen molar-refractivity contribution in [1.82, 2.24) is 15.3 Å². The number of amides is 1. The maximum atomic E-state index is 12.1. The minimum absolute atomic E-state index is 0.0531. The summed E-state index contributed by atoms with van der Waals surface area (Å²) in [4.78, 5) is 30.0. The average molecular weight is 263 g/mol. The number of nitrogens with one attached hydrogen (secondary N) is 2. The van der Waals surface area contributed by atoms with Crippen molar-refractivity contribution >= 4 is 11.9 Å². The van der Waals surface area contributed by atoms with Crippen molar-refractivity contribution < 1.29 is 14.7 Å². The van der Waals surface area contributed by atoms with Crippen LogP contribution < -0.4 is 5.32 Å². The molecule has 102 valence electrons. The van der Waals surface area contributed by atoms with Gasteiger partial charge in [-0.15, -0.1) is 0 Å². The zero-order valence-electron chi connectivity index (χ0n) is 10.5. The highest BCUT2D eigenvalue weighted by atomic mass is 16.4.